The summed E-state index contributed by atoms with van der Waals surface area (Å²) in [5, 5.41) is 16.0. The predicted molar refractivity (Wildman–Crippen MR) is 203 cm³/mol. The lowest BCUT2D eigenvalue weighted by molar-refractivity contribution is -0.118. The molecule has 2 N–H and O–H groups in total. The number of halogens is 1. The Morgan fingerprint density at radius 2 is 1.67 bits per heavy atom. The van der Waals surface area contributed by atoms with Gasteiger partial charge in [-0.15, -0.1) is 0 Å². The van der Waals surface area contributed by atoms with Gasteiger partial charge < -0.3 is 29.6 Å². The van der Waals surface area contributed by atoms with E-state index in [0.717, 1.165) is 49.2 Å². The zero-order chi connectivity index (χ0) is 35.6. The van der Waals surface area contributed by atoms with Gasteiger partial charge >= 0.3 is 0 Å². The van der Waals surface area contributed by atoms with E-state index >= 15 is 0 Å². The molecule has 0 saturated carbocycles. The SMILES string of the molecule is CC(=O)NCCNCc1cc(Cl)c(OCc2cccc(-c3cccc4c3CCN4CCCn3cccc3)c2C)cc1OCc1cccc(C#N)c1. The summed E-state index contributed by atoms with van der Waals surface area (Å²) < 4.78 is 14.9. The number of nitriles is 1. The summed E-state index contributed by atoms with van der Waals surface area (Å²) in [6.07, 6.45) is 6.39. The van der Waals surface area contributed by atoms with E-state index in [1.54, 1.807) is 6.07 Å². The number of anilines is 1. The highest BCUT2D eigenvalue weighted by Gasteiger charge is 2.23. The van der Waals surface area contributed by atoms with E-state index in [0.29, 0.717) is 48.3 Å². The number of amides is 1. The van der Waals surface area contributed by atoms with E-state index in [1.165, 1.54) is 34.9 Å². The molecule has 5 aromatic rings. The van der Waals surface area contributed by atoms with Crippen LogP contribution in [0.25, 0.3) is 11.1 Å². The molecule has 2 heterocycles. The molecule has 0 unspecified atom stereocenters. The quantitative estimate of drug-likeness (QED) is 0.102. The maximum Gasteiger partial charge on any atom is 0.216 e. The molecular formula is C42H44ClN5O3. The summed E-state index contributed by atoms with van der Waals surface area (Å²) >= 11 is 6.81. The molecule has 0 radical (unpaired) electrons. The molecule has 0 aliphatic carbocycles. The zero-order valence-electron chi connectivity index (χ0n) is 29.3. The Balaban J connectivity index is 1.17. The van der Waals surface area contributed by atoms with E-state index < -0.39 is 0 Å². The Bertz CT molecular complexity index is 2000. The van der Waals surface area contributed by atoms with Crippen LogP contribution in [0.3, 0.4) is 0 Å². The van der Waals surface area contributed by atoms with E-state index in [-0.39, 0.29) is 12.5 Å². The molecule has 1 aromatic heterocycles. The van der Waals surface area contributed by atoms with Crippen molar-refractivity contribution in [3.8, 4) is 28.7 Å². The number of nitrogens with zero attached hydrogens (tertiary/aromatic N) is 3. The highest BCUT2D eigenvalue weighted by molar-refractivity contribution is 6.32. The predicted octanol–water partition coefficient (Wildman–Crippen LogP) is 7.83. The third kappa shape index (κ3) is 9.12. The van der Waals surface area contributed by atoms with Crippen molar-refractivity contribution in [1.82, 2.24) is 15.2 Å². The fraction of sp³-hybridized carbons (Fsp3) is 0.286. The van der Waals surface area contributed by atoms with Crippen LogP contribution in [0, 0.1) is 18.3 Å². The molecule has 4 aromatic carbocycles. The second-order valence-electron chi connectivity index (χ2n) is 12.8. The minimum Gasteiger partial charge on any atom is -0.488 e. The van der Waals surface area contributed by atoms with Crippen LogP contribution in [0.15, 0.2) is 97.3 Å². The summed E-state index contributed by atoms with van der Waals surface area (Å²) in [5.41, 5.74) is 9.84. The largest absolute Gasteiger partial charge is 0.488 e. The van der Waals surface area contributed by atoms with Crippen molar-refractivity contribution < 1.29 is 14.3 Å². The molecule has 0 fully saturated rings. The number of ether oxygens (including phenoxy) is 2. The van der Waals surface area contributed by atoms with Gasteiger partial charge in [0, 0.05) is 75.9 Å². The Hall–Kier alpha value is -5.23. The summed E-state index contributed by atoms with van der Waals surface area (Å²) in [6.45, 7) is 8.97. The highest BCUT2D eigenvalue weighted by Crippen LogP contribution is 2.39. The van der Waals surface area contributed by atoms with Gasteiger partial charge in [0.25, 0.3) is 0 Å². The average Bonchev–Trinajstić information content (AvgIpc) is 3.81. The number of aromatic nitrogens is 1. The first-order chi connectivity index (χ1) is 24.9. The first-order valence-electron chi connectivity index (χ1n) is 17.5. The Labute approximate surface area is 305 Å². The number of fused-ring (bicyclic) bond motifs is 1. The number of hydrogen-bond acceptors (Lipinski definition) is 6. The highest BCUT2D eigenvalue weighted by atomic mass is 35.5. The molecule has 0 atom stereocenters. The second kappa shape index (κ2) is 17.1. The molecular weight excluding hydrogens is 658 g/mol. The third-order valence-corrected chi connectivity index (χ3v) is 9.61. The van der Waals surface area contributed by atoms with Crippen LogP contribution in [-0.2, 0) is 37.5 Å². The molecule has 8 nitrogen and oxygen atoms in total. The van der Waals surface area contributed by atoms with Crippen molar-refractivity contribution in [2.75, 3.05) is 31.1 Å². The number of benzene rings is 4. The van der Waals surface area contributed by atoms with Gasteiger partial charge in [-0.05, 0) is 89.5 Å². The Kier molecular flexibility index (Phi) is 12.0. The van der Waals surface area contributed by atoms with Crippen molar-refractivity contribution in [3.05, 3.63) is 136 Å². The summed E-state index contributed by atoms with van der Waals surface area (Å²) in [7, 11) is 0. The number of carbonyl (C=O) groups excluding carboxylic acids is 1. The molecule has 0 spiro atoms. The summed E-state index contributed by atoms with van der Waals surface area (Å²) in [5.74, 6) is 1.09. The maximum absolute atomic E-state index is 11.3. The number of nitrogens with one attached hydrogen (secondary N) is 2. The van der Waals surface area contributed by atoms with Crippen molar-refractivity contribution in [2.24, 2.45) is 0 Å². The zero-order valence-corrected chi connectivity index (χ0v) is 30.0. The molecule has 51 heavy (non-hydrogen) atoms. The van der Waals surface area contributed by atoms with E-state index in [1.807, 2.05) is 30.3 Å². The van der Waals surface area contributed by atoms with Crippen LogP contribution in [-0.4, -0.2) is 36.7 Å². The molecule has 262 valence electrons. The fourth-order valence-corrected chi connectivity index (χ4v) is 6.88. The lowest BCUT2D eigenvalue weighted by Crippen LogP contribution is -2.30. The van der Waals surface area contributed by atoms with Gasteiger partial charge in [-0.2, -0.15) is 5.26 Å². The van der Waals surface area contributed by atoms with E-state index in [4.69, 9.17) is 21.1 Å². The standard InChI is InChI=1S/C42H44ClN5O3/c1-30-34(11-6-12-36(30)37-13-7-14-40-38(37)15-22-48(40)21-8-20-47-18-3-4-19-47)29-51-42-25-41(50-28-33-10-5-9-32(23-33)26-44)35(24-39(42)43)27-45-16-17-46-31(2)49/h3-7,9-14,18-19,23-25,45H,8,15-17,20-22,27-29H2,1-2H3,(H,46,49). The van der Waals surface area contributed by atoms with Crippen LogP contribution in [0.1, 0.15) is 46.7 Å². The molecule has 1 amide bonds. The van der Waals surface area contributed by atoms with Gasteiger partial charge in [0.2, 0.25) is 5.91 Å². The van der Waals surface area contributed by atoms with E-state index in [9.17, 15) is 10.1 Å². The van der Waals surface area contributed by atoms with Crippen molar-refractivity contribution >= 4 is 23.2 Å². The second-order valence-corrected chi connectivity index (χ2v) is 13.3. The number of rotatable bonds is 16. The minimum atomic E-state index is -0.0694. The average molecular weight is 702 g/mol. The summed E-state index contributed by atoms with van der Waals surface area (Å²) in [4.78, 5) is 13.8. The molecule has 0 bridgehead atoms. The van der Waals surface area contributed by atoms with Crippen molar-refractivity contribution in [3.63, 3.8) is 0 Å². The molecule has 1 aliphatic heterocycles. The van der Waals surface area contributed by atoms with E-state index in [2.05, 4.69) is 94.0 Å². The van der Waals surface area contributed by atoms with Crippen LogP contribution >= 0.6 is 11.6 Å². The van der Waals surface area contributed by atoms with Gasteiger partial charge in [0.15, 0.2) is 0 Å². The van der Waals surface area contributed by atoms with Crippen LogP contribution in [0.5, 0.6) is 11.5 Å². The monoisotopic (exact) mass is 701 g/mol. The topological polar surface area (TPSA) is 91.6 Å². The molecule has 9 heteroatoms. The van der Waals surface area contributed by atoms with Crippen LogP contribution in [0.4, 0.5) is 5.69 Å². The van der Waals surface area contributed by atoms with Gasteiger partial charge in [-0.1, -0.05) is 54.1 Å². The minimum absolute atomic E-state index is 0.0694. The number of aryl methyl sites for hydroxylation is 1. The first kappa shape index (κ1) is 35.6. The van der Waals surface area contributed by atoms with Gasteiger partial charge in [0.05, 0.1) is 16.7 Å². The molecule has 1 aliphatic rings. The van der Waals surface area contributed by atoms with Crippen LogP contribution < -0.4 is 25.0 Å². The van der Waals surface area contributed by atoms with Gasteiger partial charge in [-0.3, -0.25) is 4.79 Å². The molecule has 0 saturated heterocycles. The Morgan fingerprint density at radius 1 is 0.882 bits per heavy atom. The fourth-order valence-electron chi connectivity index (χ4n) is 6.64. The molecule has 6 rings (SSSR count). The number of hydrogen-bond donors (Lipinski definition) is 2. The van der Waals surface area contributed by atoms with Gasteiger partial charge in [-0.25, -0.2) is 0 Å². The van der Waals surface area contributed by atoms with Crippen molar-refractivity contribution in [1.29, 1.82) is 5.26 Å². The lowest BCUT2D eigenvalue weighted by Gasteiger charge is -2.21. The normalized spacial score (nSPS) is 12.0. The summed E-state index contributed by atoms with van der Waals surface area (Å²) in [6, 6.07) is 30.5. The third-order valence-electron chi connectivity index (χ3n) is 9.31. The van der Waals surface area contributed by atoms with Crippen LogP contribution in [0.2, 0.25) is 5.02 Å². The lowest BCUT2D eigenvalue weighted by atomic mass is 9.92. The van der Waals surface area contributed by atoms with Crippen molar-refractivity contribution in [2.45, 2.75) is 53.0 Å². The smallest absolute Gasteiger partial charge is 0.216 e. The van der Waals surface area contributed by atoms with Gasteiger partial charge in [0.1, 0.15) is 24.7 Å². The maximum atomic E-state index is 11.3. The first-order valence-corrected chi connectivity index (χ1v) is 17.9. The Morgan fingerprint density at radius 3 is 2.49 bits per heavy atom. The number of carbonyl (C=O) groups is 1.